The van der Waals surface area contributed by atoms with E-state index < -0.39 is 0 Å². The molecule has 1 unspecified atom stereocenters. The smallest absolute Gasteiger partial charge is 0.129 e. The summed E-state index contributed by atoms with van der Waals surface area (Å²) in [5.41, 5.74) is 4.39. The first-order chi connectivity index (χ1) is 10.2. The SMILES string of the molecule is NNC(Cc1csc2ccccc12)c1ccc(Cl)cc1F. The summed E-state index contributed by atoms with van der Waals surface area (Å²) in [5.74, 6) is 5.28. The number of benzene rings is 2. The van der Waals surface area contributed by atoms with Crippen LogP contribution in [0.4, 0.5) is 4.39 Å². The summed E-state index contributed by atoms with van der Waals surface area (Å²) < 4.78 is 15.3. The van der Waals surface area contributed by atoms with Gasteiger partial charge in [0.2, 0.25) is 0 Å². The van der Waals surface area contributed by atoms with E-state index in [0.717, 1.165) is 5.56 Å². The zero-order valence-corrected chi connectivity index (χ0v) is 12.7. The van der Waals surface area contributed by atoms with Gasteiger partial charge in [0, 0.05) is 15.3 Å². The molecule has 3 N–H and O–H groups in total. The number of halogens is 2. The third kappa shape index (κ3) is 2.94. The molecular weight excluding hydrogens is 307 g/mol. The minimum absolute atomic E-state index is 0.291. The van der Waals surface area contributed by atoms with Gasteiger partial charge in [-0.1, -0.05) is 35.9 Å². The van der Waals surface area contributed by atoms with E-state index in [1.807, 2.05) is 12.1 Å². The monoisotopic (exact) mass is 320 g/mol. The third-order valence-electron chi connectivity index (χ3n) is 3.52. The second-order valence-corrected chi connectivity index (χ2v) is 6.19. The molecule has 0 radical (unpaired) electrons. The molecule has 5 heteroatoms. The third-order valence-corrected chi connectivity index (χ3v) is 4.77. The molecule has 0 aliphatic heterocycles. The van der Waals surface area contributed by atoms with Crippen molar-refractivity contribution in [1.82, 2.24) is 5.43 Å². The van der Waals surface area contributed by atoms with Crippen molar-refractivity contribution in [2.75, 3.05) is 0 Å². The van der Waals surface area contributed by atoms with Gasteiger partial charge in [0.25, 0.3) is 0 Å². The van der Waals surface area contributed by atoms with Gasteiger partial charge in [0.15, 0.2) is 0 Å². The predicted octanol–water partition coefficient (Wildman–Crippen LogP) is 4.44. The van der Waals surface area contributed by atoms with Gasteiger partial charge in [0.05, 0.1) is 6.04 Å². The van der Waals surface area contributed by atoms with Crippen molar-refractivity contribution in [3.8, 4) is 0 Å². The highest BCUT2D eigenvalue weighted by atomic mass is 35.5. The number of fused-ring (bicyclic) bond motifs is 1. The van der Waals surface area contributed by atoms with Crippen LogP contribution in [-0.4, -0.2) is 0 Å². The zero-order valence-electron chi connectivity index (χ0n) is 11.1. The Morgan fingerprint density at radius 1 is 1.24 bits per heavy atom. The van der Waals surface area contributed by atoms with Crippen LogP contribution in [0.2, 0.25) is 5.02 Å². The summed E-state index contributed by atoms with van der Waals surface area (Å²) in [6, 6.07) is 12.6. The van der Waals surface area contributed by atoms with Crippen molar-refractivity contribution in [3.63, 3.8) is 0 Å². The highest BCUT2D eigenvalue weighted by Crippen LogP contribution is 2.30. The maximum absolute atomic E-state index is 14.1. The summed E-state index contributed by atoms with van der Waals surface area (Å²) in [5, 5.41) is 3.67. The first kappa shape index (κ1) is 14.5. The molecule has 1 atom stereocenters. The van der Waals surface area contributed by atoms with Gasteiger partial charge in [-0.15, -0.1) is 11.3 Å². The Labute approximate surface area is 131 Å². The van der Waals surface area contributed by atoms with Crippen molar-refractivity contribution in [2.24, 2.45) is 5.84 Å². The Bertz CT molecular complexity index is 772. The maximum Gasteiger partial charge on any atom is 0.129 e. The molecule has 0 aliphatic rings. The number of nitrogens with one attached hydrogen (secondary N) is 1. The van der Waals surface area contributed by atoms with Gasteiger partial charge in [0.1, 0.15) is 5.82 Å². The highest BCUT2D eigenvalue weighted by molar-refractivity contribution is 7.17. The first-order valence-corrected chi connectivity index (χ1v) is 7.81. The van der Waals surface area contributed by atoms with E-state index in [4.69, 9.17) is 17.4 Å². The van der Waals surface area contributed by atoms with Crippen LogP contribution in [-0.2, 0) is 6.42 Å². The van der Waals surface area contributed by atoms with Gasteiger partial charge in [-0.3, -0.25) is 11.3 Å². The normalized spacial score (nSPS) is 12.7. The molecule has 2 nitrogen and oxygen atoms in total. The van der Waals surface area contributed by atoms with Crippen molar-refractivity contribution in [3.05, 3.63) is 69.8 Å². The molecule has 1 heterocycles. The Morgan fingerprint density at radius 3 is 2.81 bits per heavy atom. The van der Waals surface area contributed by atoms with E-state index in [1.54, 1.807) is 23.5 Å². The topological polar surface area (TPSA) is 38.0 Å². The van der Waals surface area contributed by atoms with Crippen LogP contribution in [0.25, 0.3) is 10.1 Å². The van der Waals surface area contributed by atoms with E-state index >= 15 is 0 Å². The maximum atomic E-state index is 14.1. The average Bonchev–Trinajstić information content (AvgIpc) is 2.89. The molecule has 0 fully saturated rings. The predicted molar refractivity (Wildman–Crippen MR) is 87.0 cm³/mol. The number of rotatable bonds is 4. The number of hydrogen-bond acceptors (Lipinski definition) is 3. The van der Waals surface area contributed by atoms with Gasteiger partial charge in [-0.05, 0) is 40.9 Å². The van der Waals surface area contributed by atoms with Crippen LogP contribution >= 0.6 is 22.9 Å². The lowest BCUT2D eigenvalue weighted by Gasteiger charge is -2.17. The summed E-state index contributed by atoms with van der Waals surface area (Å²) in [6.45, 7) is 0. The molecule has 1 aromatic heterocycles. The molecule has 0 saturated carbocycles. The van der Waals surface area contributed by atoms with Crippen LogP contribution in [0.3, 0.4) is 0 Å². The molecule has 3 aromatic rings. The van der Waals surface area contributed by atoms with Crippen LogP contribution in [0.5, 0.6) is 0 Å². The molecule has 0 amide bonds. The van der Waals surface area contributed by atoms with Crippen molar-refractivity contribution in [2.45, 2.75) is 12.5 Å². The Morgan fingerprint density at radius 2 is 2.05 bits per heavy atom. The van der Waals surface area contributed by atoms with Crippen molar-refractivity contribution < 1.29 is 4.39 Å². The molecule has 108 valence electrons. The van der Waals surface area contributed by atoms with Gasteiger partial charge in [-0.25, -0.2) is 4.39 Å². The van der Waals surface area contributed by atoms with E-state index in [9.17, 15) is 4.39 Å². The van der Waals surface area contributed by atoms with Gasteiger partial charge >= 0.3 is 0 Å². The first-order valence-electron chi connectivity index (χ1n) is 6.55. The minimum Gasteiger partial charge on any atom is -0.271 e. The molecule has 0 spiro atoms. The minimum atomic E-state index is -0.343. The number of hydrazine groups is 1. The lowest BCUT2D eigenvalue weighted by Crippen LogP contribution is -2.30. The summed E-state index contributed by atoms with van der Waals surface area (Å²) in [4.78, 5) is 0. The molecular formula is C16H14ClFN2S. The Hall–Kier alpha value is -1.46. The van der Waals surface area contributed by atoms with Crippen LogP contribution in [0, 0.1) is 5.82 Å². The second kappa shape index (κ2) is 6.12. The van der Waals surface area contributed by atoms with Crippen molar-refractivity contribution in [1.29, 1.82) is 0 Å². The molecule has 0 bridgehead atoms. The number of nitrogens with two attached hydrogens (primary N) is 1. The molecule has 21 heavy (non-hydrogen) atoms. The number of hydrogen-bond donors (Lipinski definition) is 2. The molecule has 2 aromatic carbocycles. The molecule has 0 aliphatic carbocycles. The van der Waals surface area contributed by atoms with Gasteiger partial charge in [-0.2, -0.15) is 0 Å². The quantitative estimate of drug-likeness (QED) is 0.551. The summed E-state index contributed by atoms with van der Waals surface area (Å²) >= 11 is 7.48. The number of thiophene rings is 1. The van der Waals surface area contributed by atoms with E-state index in [0.29, 0.717) is 17.0 Å². The average molecular weight is 321 g/mol. The fourth-order valence-corrected chi connectivity index (χ4v) is 3.59. The Kier molecular flexibility index (Phi) is 4.22. The zero-order chi connectivity index (χ0) is 14.8. The lowest BCUT2D eigenvalue weighted by molar-refractivity contribution is 0.512. The highest BCUT2D eigenvalue weighted by Gasteiger charge is 2.17. The van der Waals surface area contributed by atoms with Crippen LogP contribution < -0.4 is 11.3 Å². The Balaban J connectivity index is 1.94. The summed E-state index contributed by atoms with van der Waals surface area (Å²) in [7, 11) is 0. The van der Waals surface area contributed by atoms with Crippen LogP contribution in [0.15, 0.2) is 47.8 Å². The van der Waals surface area contributed by atoms with Gasteiger partial charge < -0.3 is 0 Å². The van der Waals surface area contributed by atoms with E-state index in [-0.39, 0.29) is 11.9 Å². The standard InChI is InChI=1S/C16H14ClFN2S/c17-11-5-6-13(14(18)8-11)15(20-19)7-10-9-21-16-4-2-1-3-12(10)16/h1-6,8-9,15,20H,7,19H2. The molecule has 3 rings (SSSR count). The summed E-state index contributed by atoms with van der Waals surface area (Å²) in [6.07, 6.45) is 0.624. The van der Waals surface area contributed by atoms with E-state index in [2.05, 4.69) is 22.9 Å². The lowest BCUT2D eigenvalue weighted by atomic mass is 9.98. The van der Waals surface area contributed by atoms with E-state index in [1.165, 1.54) is 16.2 Å². The molecule has 0 saturated heterocycles. The fourth-order valence-electron chi connectivity index (χ4n) is 2.45. The van der Waals surface area contributed by atoms with Crippen molar-refractivity contribution >= 4 is 33.0 Å². The largest absolute Gasteiger partial charge is 0.271 e. The van der Waals surface area contributed by atoms with Crippen LogP contribution in [0.1, 0.15) is 17.2 Å². The fraction of sp³-hybridized carbons (Fsp3) is 0.125. The second-order valence-electron chi connectivity index (χ2n) is 4.85.